The summed E-state index contributed by atoms with van der Waals surface area (Å²) >= 11 is 0. The number of nitriles is 2. The topological polar surface area (TPSA) is 73.4 Å². The Morgan fingerprint density at radius 3 is 2.00 bits per heavy atom. The van der Waals surface area contributed by atoms with Crippen molar-refractivity contribution in [1.29, 1.82) is 10.5 Å². The minimum Gasteiger partial charge on any atom is -0.265 e. The van der Waals surface area contributed by atoms with E-state index in [9.17, 15) is 0 Å². The molecule has 0 amide bonds. The number of rotatable bonds is 0. The molecule has 0 aliphatic carbocycles. The zero-order valence-electron chi connectivity index (χ0n) is 8.41. The Bertz CT molecular complexity index is 445. The van der Waals surface area contributed by atoms with Gasteiger partial charge in [0.25, 0.3) is 0 Å². The number of aromatic nitrogens is 2. The molecule has 2 aromatic rings. The highest BCUT2D eigenvalue weighted by Gasteiger charge is 1.81. The van der Waals surface area contributed by atoms with Gasteiger partial charge in [-0.05, 0) is 24.3 Å². The lowest BCUT2D eigenvalue weighted by molar-refractivity contribution is 1.26. The Labute approximate surface area is 93.4 Å². The average Bonchev–Trinajstić information content (AvgIpc) is 2.41. The first-order valence-electron chi connectivity index (χ1n) is 4.48. The molecule has 4 heteroatoms. The predicted molar refractivity (Wildman–Crippen MR) is 57.9 cm³/mol. The molecule has 16 heavy (non-hydrogen) atoms. The van der Waals surface area contributed by atoms with Crippen molar-refractivity contribution in [3.05, 3.63) is 60.2 Å². The van der Waals surface area contributed by atoms with E-state index < -0.39 is 0 Å². The van der Waals surface area contributed by atoms with Gasteiger partial charge in [0.2, 0.25) is 0 Å². The lowest BCUT2D eigenvalue weighted by Crippen LogP contribution is -1.75. The average molecular weight is 208 g/mol. The van der Waals surface area contributed by atoms with Gasteiger partial charge in [0.15, 0.2) is 0 Å². The first-order chi connectivity index (χ1) is 7.86. The molecule has 2 aromatic heterocycles. The Balaban J connectivity index is 0.000000160. The zero-order chi connectivity index (χ0) is 11.6. The molecule has 0 fully saturated rings. The second kappa shape index (κ2) is 6.69. The molecule has 0 saturated heterocycles. The molecule has 0 aliphatic heterocycles. The second-order valence-electron chi connectivity index (χ2n) is 2.67. The van der Waals surface area contributed by atoms with E-state index in [-0.39, 0.29) is 0 Å². The van der Waals surface area contributed by atoms with Gasteiger partial charge in [-0.15, -0.1) is 0 Å². The quantitative estimate of drug-likeness (QED) is 0.662. The summed E-state index contributed by atoms with van der Waals surface area (Å²) in [6.45, 7) is 0. The third-order valence-electron chi connectivity index (χ3n) is 1.59. The molecule has 76 valence electrons. The van der Waals surface area contributed by atoms with Crippen molar-refractivity contribution in [1.82, 2.24) is 9.97 Å². The van der Waals surface area contributed by atoms with E-state index in [4.69, 9.17) is 10.5 Å². The number of nitrogens with zero attached hydrogens (tertiary/aromatic N) is 4. The van der Waals surface area contributed by atoms with Gasteiger partial charge >= 0.3 is 0 Å². The zero-order valence-corrected chi connectivity index (χ0v) is 8.41. The summed E-state index contributed by atoms with van der Waals surface area (Å²) in [5, 5.41) is 16.5. The molecule has 0 radical (unpaired) electrons. The molecule has 0 saturated carbocycles. The largest absolute Gasteiger partial charge is 0.265 e. The summed E-state index contributed by atoms with van der Waals surface area (Å²) in [6, 6.07) is 12.5. The molecule has 0 aromatic carbocycles. The normalized spacial score (nSPS) is 7.88. The van der Waals surface area contributed by atoms with Crippen molar-refractivity contribution in [3.8, 4) is 12.1 Å². The second-order valence-corrected chi connectivity index (χ2v) is 2.67. The summed E-state index contributed by atoms with van der Waals surface area (Å²) in [6.07, 6.45) is 4.79. The van der Waals surface area contributed by atoms with Crippen LogP contribution < -0.4 is 0 Å². The van der Waals surface area contributed by atoms with E-state index in [0.29, 0.717) is 11.3 Å². The van der Waals surface area contributed by atoms with Gasteiger partial charge in [-0.25, -0.2) is 4.98 Å². The van der Waals surface area contributed by atoms with Gasteiger partial charge in [-0.1, -0.05) is 6.07 Å². The summed E-state index contributed by atoms with van der Waals surface area (Å²) in [5.74, 6) is 0. The first-order valence-corrected chi connectivity index (χ1v) is 4.48. The lowest BCUT2D eigenvalue weighted by Gasteiger charge is -1.79. The fourth-order valence-electron chi connectivity index (χ4n) is 0.855. The first kappa shape index (κ1) is 11.4. The molecular weight excluding hydrogens is 200 g/mol. The minimum absolute atomic E-state index is 0.465. The molecule has 0 spiro atoms. The predicted octanol–water partition coefficient (Wildman–Crippen LogP) is 1.91. The molecule has 2 heterocycles. The van der Waals surface area contributed by atoms with Gasteiger partial charge in [0, 0.05) is 18.6 Å². The molecule has 0 N–H and O–H groups in total. The van der Waals surface area contributed by atoms with Crippen LogP contribution in [0.3, 0.4) is 0 Å². The highest BCUT2D eigenvalue weighted by atomic mass is 14.7. The Hall–Kier alpha value is -2.72. The van der Waals surface area contributed by atoms with Gasteiger partial charge in [0.1, 0.15) is 11.8 Å². The van der Waals surface area contributed by atoms with Gasteiger partial charge < -0.3 is 0 Å². The Morgan fingerprint density at radius 1 is 0.875 bits per heavy atom. The third kappa shape index (κ3) is 3.99. The van der Waals surface area contributed by atoms with E-state index >= 15 is 0 Å². The van der Waals surface area contributed by atoms with Crippen LogP contribution in [0.15, 0.2) is 48.9 Å². The van der Waals surface area contributed by atoms with E-state index in [1.54, 1.807) is 48.9 Å². The fraction of sp³-hybridized carbons (Fsp3) is 0. The molecular formula is C12H8N4. The van der Waals surface area contributed by atoms with Gasteiger partial charge in [-0.3, -0.25) is 4.98 Å². The maximum Gasteiger partial charge on any atom is 0.140 e. The van der Waals surface area contributed by atoms with Crippen molar-refractivity contribution >= 4 is 0 Å². The van der Waals surface area contributed by atoms with Crippen LogP contribution in [0, 0.1) is 22.7 Å². The van der Waals surface area contributed by atoms with Crippen LogP contribution in [0.25, 0.3) is 0 Å². The maximum absolute atomic E-state index is 8.26. The van der Waals surface area contributed by atoms with Crippen molar-refractivity contribution in [2.75, 3.05) is 0 Å². The van der Waals surface area contributed by atoms with Crippen molar-refractivity contribution in [3.63, 3.8) is 0 Å². The van der Waals surface area contributed by atoms with Gasteiger partial charge in [-0.2, -0.15) is 10.5 Å². The van der Waals surface area contributed by atoms with Crippen LogP contribution in [-0.4, -0.2) is 9.97 Å². The Kier molecular flexibility index (Phi) is 4.75. The third-order valence-corrected chi connectivity index (χ3v) is 1.59. The van der Waals surface area contributed by atoms with E-state index in [1.165, 1.54) is 0 Å². The Morgan fingerprint density at radius 2 is 1.62 bits per heavy atom. The van der Waals surface area contributed by atoms with Crippen LogP contribution in [0.4, 0.5) is 0 Å². The van der Waals surface area contributed by atoms with Crippen LogP contribution in [0.2, 0.25) is 0 Å². The van der Waals surface area contributed by atoms with Crippen LogP contribution in [0.5, 0.6) is 0 Å². The number of hydrogen-bond donors (Lipinski definition) is 0. The summed E-state index contributed by atoms with van der Waals surface area (Å²) in [4.78, 5) is 7.48. The smallest absolute Gasteiger partial charge is 0.140 e. The van der Waals surface area contributed by atoms with E-state index in [0.717, 1.165) is 0 Å². The fourth-order valence-corrected chi connectivity index (χ4v) is 0.855. The van der Waals surface area contributed by atoms with Crippen molar-refractivity contribution in [2.24, 2.45) is 0 Å². The number of pyridine rings is 2. The van der Waals surface area contributed by atoms with Crippen molar-refractivity contribution in [2.45, 2.75) is 0 Å². The van der Waals surface area contributed by atoms with Crippen molar-refractivity contribution < 1.29 is 0 Å². The molecule has 0 unspecified atom stereocenters. The molecule has 4 nitrogen and oxygen atoms in total. The maximum atomic E-state index is 8.26. The highest BCUT2D eigenvalue weighted by Crippen LogP contribution is 1.89. The van der Waals surface area contributed by atoms with Crippen LogP contribution in [-0.2, 0) is 0 Å². The van der Waals surface area contributed by atoms with Crippen LogP contribution >= 0.6 is 0 Å². The standard InChI is InChI=1S/2C6H4N2/c7-5-6-1-3-8-4-2-6;7-5-6-3-1-2-4-8-6/h2*1-4H. The number of hydrogen-bond acceptors (Lipinski definition) is 4. The minimum atomic E-state index is 0.465. The highest BCUT2D eigenvalue weighted by molar-refractivity contribution is 5.24. The molecule has 0 aliphatic rings. The SMILES string of the molecule is N#Cc1ccccn1.N#Cc1ccncc1. The summed E-state index contributed by atoms with van der Waals surface area (Å²) in [5.41, 5.74) is 1.12. The van der Waals surface area contributed by atoms with Gasteiger partial charge in [0.05, 0.1) is 11.6 Å². The summed E-state index contributed by atoms with van der Waals surface area (Å²) < 4.78 is 0. The lowest BCUT2D eigenvalue weighted by atomic mass is 10.3. The van der Waals surface area contributed by atoms with Crippen LogP contribution in [0.1, 0.15) is 11.3 Å². The molecule has 2 rings (SSSR count). The van der Waals surface area contributed by atoms with E-state index in [2.05, 4.69) is 9.97 Å². The monoisotopic (exact) mass is 208 g/mol. The molecule has 0 bridgehead atoms. The summed E-state index contributed by atoms with van der Waals surface area (Å²) in [7, 11) is 0. The van der Waals surface area contributed by atoms with E-state index in [1.807, 2.05) is 12.1 Å². The molecule has 0 atom stereocenters.